The van der Waals surface area contributed by atoms with Crippen LogP contribution in [0.2, 0.25) is 0 Å². The van der Waals surface area contributed by atoms with Crippen molar-refractivity contribution < 1.29 is 9.53 Å². The van der Waals surface area contributed by atoms with E-state index in [4.69, 9.17) is 4.74 Å². The van der Waals surface area contributed by atoms with E-state index in [0.29, 0.717) is 28.4 Å². The van der Waals surface area contributed by atoms with Crippen molar-refractivity contribution in [2.45, 2.75) is 6.54 Å². The van der Waals surface area contributed by atoms with E-state index in [1.807, 2.05) is 0 Å². The Balaban J connectivity index is 1.55. The number of carbonyl (C=O) groups is 1. The van der Waals surface area contributed by atoms with Crippen LogP contribution in [0, 0.1) is 0 Å². The third-order valence-corrected chi connectivity index (χ3v) is 4.04. The van der Waals surface area contributed by atoms with Crippen molar-refractivity contribution in [2.24, 2.45) is 0 Å². The van der Waals surface area contributed by atoms with E-state index in [1.54, 1.807) is 35.0 Å². The molecule has 0 spiro atoms. The maximum Gasteiger partial charge on any atom is 0.260 e. The molecule has 0 atom stereocenters. The summed E-state index contributed by atoms with van der Waals surface area (Å²) in [5.74, 6) is 0.738. The van der Waals surface area contributed by atoms with Crippen molar-refractivity contribution in [3.8, 4) is 5.88 Å². The number of benzene rings is 1. The maximum absolute atomic E-state index is 12.3. The fraction of sp³-hybridized carbons (Fsp3) is 0.143. The molecule has 0 saturated heterocycles. The first-order valence-corrected chi connectivity index (χ1v) is 7.72. The summed E-state index contributed by atoms with van der Waals surface area (Å²) in [5.41, 5.74) is 2.50. The number of hydrogen-bond acceptors (Lipinski definition) is 8. The van der Waals surface area contributed by atoms with E-state index in [1.165, 1.54) is 7.11 Å². The van der Waals surface area contributed by atoms with Crippen molar-refractivity contribution in [3.05, 3.63) is 42.0 Å². The number of aromatic nitrogens is 6. The molecule has 0 radical (unpaired) electrons. The average molecular weight is 341 g/mol. The lowest BCUT2D eigenvalue weighted by atomic mass is 10.2. The van der Waals surface area contributed by atoms with E-state index in [2.05, 4.69) is 29.2 Å². The Bertz CT molecular complexity index is 1040. The summed E-state index contributed by atoms with van der Waals surface area (Å²) in [6.07, 6.45) is 3.30. The van der Waals surface area contributed by atoms with E-state index >= 15 is 0 Å². The molecule has 3 heterocycles. The first-order valence-electron chi connectivity index (χ1n) is 6.99. The summed E-state index contributed by atoms with van der Waals surface area (Å²) in [6.45, 7) is 0.223. The molecule has 0 fully saturated rings. The molecule has 0 aliphatic heterocycles. The highest BCUT2D eigenvalue weighted by Gasteiger charge is 2.13. The quantitative estimate of drug-likeness (QED) is 0.591. The van der Waals surface area contributed by atoms with Gasteiger partial charge < -0.3 is 10.1 Å². The van der Waals surface area contributed by atoms with Gasteiger partial charge in [0.25, 0.3) is 11.8 Å². The van der Waals surface area contributed by atoms with Crippen molar-refractivity contribution in [3.63, 3.8) is 0 Å². The molecule has 0 unspecified atom stereocenters. The van der Waals surface area contributed by atoms with Gasteiger partial charge in [0.2, 0.25) is 5.65 Å². The third-order valence-electron chi connectivity index (χ3n) is 3.48. The Kier molecular flexibility index (Phi) is 3.50. The van der Waals surface area contributed by atoms with E-state index in [0.717, 1.165) is 17.2 Å². The lowest BCUT2D eigenvalue weighted by Gasteiger charge is -2.05. The molecule has 1 amide bonds. The summed E-state index contributed by atoms with van der Waals surface area (Å²) in [4.78, 5) is 16.4. The molecule has 0 aliphatic carbocycles. The van der Waals surface area contributed by atoms with Gasteiger partial charge in [-0.15, -0.1) is 10.2 Å². The maximum atomic E-state index is 12.3. The number of methoxy groups -OCH3 is 1. The molecule has 9 nitrogen and oxygen atoms in total. The predicted octanol–water partition coefficient (Wildman–Crippen LogP) is 1.07. The first-order chi connectivity index (χ1) is 11.8. The summed E-state index contributed by atoms with van der Waals surface area (Å²) < 4.78 is 15.1. The molecule has 120 valence electrons. The van der Waals surface area contributed by atoms with Crippen LogP contribution in [0.15, 0.2) is 30.6 Å². The average Bonchev–Trinajstić information content (AvgIpc) is 3.25. The van der Waals surface area contributed by atoms with E-state index in [9.17, 15) is 4.79 Å². The summed E-state index contributed by atoms with van der Waals surface area (Å²) in [6, 6.07) is 5.20. The number of carbonyl (C=O) groups excluding carboxylic acids is 1. The monoisotopic (exact) mass is 341 g/mol. The Morgan fingerprint density at radius 2 is 2.17 bits per heavy atom. The Morgan fingerprint density at radius 3 is 3.04 bits per heavy atom. The summed E-state index contributed by atoms with van der Waals surface area (Å²) in [7, 11) is 1.52. The summed E-state index contributed by atoms with van der Waals surface area (Å²) >= 11 is 1.12. The van der Waals surface area contributed by atoms with Crippen LogP contribution in [-0.4, -0.2) is 41.3 Å². The highest BCUT2D eigenvalue weighted by molar-refractivity contribution is 7.00. The number of ether oxygens (including phenoxy) is 1. The largest absolute Gasteiger partial charge is 0.478 e. The molecule has 4 aromatic rings. The van der Waals surface area contributed by atoms with Gasteiger partial charge in [-0.1, -0.05) is 0 Å². The molecule has 10 heteroatoms. The van der Waals surface area contributed by atoms with Crippen LogP contribution in [0.1, 0.15) is 16.2 Å². The molecule has 0 bridgehead atoms. The van der Waals surface area contributed by atoms with Gasteiger partial charge in [-0.3, -0.25) is 9.20 Å². The first kappa shape index (κ1) is 14.5. The predicted molar refractivity (Wildman–Crippen MR) is 85.9 cm³/mol. The van der Waals surface area contributed by atoms with Crippen LogP contribution in [-0.2, 0) is 6.54 Å². The topological polar surface area (TPSA) is 107 Å². The van der Waals surface area contributed by atoms with Gasteiger partial charge in [0.15, 0.2) is 5.82 Å². The lowest BCUT2D eigenvalue weighted by Crippen LogP contribution is -2.24. The van der Waals surface area contributed by atoms with Crippen LogP contribution in [0.4, 0.5) is 0 Å². The molecular formula is C14H11N7O2S. The summed E-state index contributed by atoms with van der Waals surface area (Å²) in [5, 5.41) is 10.9. The second kappa shape index (κ2) is 5.81. The smallest absolute Gasteiger partial charge is 0.260 e. The highest BCUT2D eigenvalue weighted by Crippen LogP contribution is 2.15. The standard InChI is InChI=1S/C14H11N7O2S/c1-23-14-12-18-17-11(21(12)5-4-15-14)7-16-13(22)8-2-3-9-10(6-8)20-24-19-9/h2-6H,7H2,1H3,(H,16,22). The molecule has 0 aliphatic rings. The van der Waals surface area contributed by atoms with Gasteiger partial charge in [0.1, 0.15) is 11.0 Å². The van der Waals surface area contributed by atoms with Crippen molar-refractivity contribution in [2.75, 3.05) is 7.11 Å². The number of hydrogen-bond donors (Lipinski definition) is 1. The minimum atomic E-state index is -0.220. The van der Waals surface area contributed by atoms with Gasteiger partial charge in [0.05, 0.1) is 25.4 Å². The number of amides is 1. The minimum absolute atomic E-state index is 0.220. The SMILES string of the molecule is COc1nccn2c(CNC(=O)c3ccc4nsnc4c3)nnc12. The zero-order valence-electron chi connectivity index (χ0n) is 12.5. The van der Waals surface area contributed by atoms with E-state index < -0.39 is 0 Å². The van der Waals surface area contributed by atoms with Crippen molar-refractivity contribution in [1.29, 1.82) is 0 Å². The number of nitrogens with one attached hydrogen (secondary N) is 1. The van der Waals surface area contributed by atoms with Crippen molar-refractivity contribution in [1.82, 2.24) is 33.6 Å². The Labute approximate surface area is 139 Å². The number of fused-ring (bicyclic) bond motifs is 2. The molecule has 3 aromatic heterocycles. The van der Waals surface area contributed by atoms with Gasteiger partial charge in [-0.2, -0.15) is 8.75 Å². The second-order valence-corrected chi connectivity index (χ2v) is 5.43. The van der Waals surface area contributed by atoms with Gasteiger partial charge in [-0.25, -0.2) is 4.98 Å². The highest BCUT2D eigenvalue weighted by atomic mass is 32.1. The van der Waals surface area contributed by atoms with Crippen molar-refractivity contribution >= 4 is 34.3 Å². The third kappa shape index (κ3) is 2.42. The lowest BCUT2D eigenvalue weighted by molar-refractivity contribution is 0.0950. The normalized spacial score (nSPS) is 11.0. The van der Waals surface area contributed by atoms with Crippen LogP contribution in [0.25, 0.3) is 16.7 Å². The van der Waals surface area contributed by atoms with E-state index in [-0.39, 0.29) is 12.5 Å². The molecule has 4 rings (SSSR count). The fourth-order valence-electron chi connectivity index (χ4n) is 2.30. The van der Waals surface area contributed by atoms with Gasteiger partial charge in [-0.05, 0) is 18.2 Å². The fourth-order valence-corrected chi connectivity index (χ4v) is 2.82. The van der Waals surface area contributed by atoms with Crippen LogP contribution < -0.4 is 10.1 Å². The zero-order valence-corrected chi connectivity index (χ0v) is 13.3. The molecule has 24 heavy (non-hydrogen) atoms. The van der Waals surface area contributed by atoms with Crippen LogP contribution in [0.5, 0.6) is 5.88 Å². The minimum Gasteiger partial charge on any atom is -0.478 e. The van der Waals surface area contributed by atoms with Crippen LogP contribution in [0.3, 0.4) is 0 Å². The zero-order chi connectivity index (χ0) is 16.5. The molecule has 1 N–H and O–H groups in total. The Morgan fingerprint density at radius 1 is 1.29 bits per heavy atom. The molecule has 0 saturated carbocycles. The number of nitrogens with zero attached hydrogens (tertiary/aromatic N) is 6. The van der Waals surface area contributed by atoms with Gasteiger partial charge in [0, 0.05) is 18.0 Å². The molecular weight excluding hydrogens is 330 g/mol. The second-order valence-electron chi connectivity index (χ2n) is 4.90. The molecule has 1 aromatic carbocycles. The van der Waals surface area contributed by atoms with Gasteiger partial charge >= 0.3 is 0 Å². The van der Waals surface area contributed by atoms with Crippen LogP contribution >= 0.6 is 11.7 Å². The Hall–Kier alpha value is -3.14. The number of rotatable bonds is 4.